The van der Waals surface area contributed by atoms with Crippen molar-refractivity contribution in [2.45, 2.75) is 12.8 Å². The van der Waals surface area contributed by atoms with Crippen molar-refractivity contribution < 1.29 is 9.59 Å². The second-order valence-corrected chi connectivity index (χ2v) is 8.97. The summed E-state index contributed by atoms with van der Waals surface area (Å²) in [6.07, 6.45) is 2.13. The van der Waals surface area contributed by atoms with Crippen LogP contribution in [0.5, 0.6) is 0 Å². The van der Waals surface area contributed by atoms with Crippen LogP contribution in [0.4, 0.5) is 22.0 Å². The average Bonchev–Trinajstić information content (AvgIpc) is 3.12. The van der Waals surface area contributed by atoms with Crippen molar-refractivity contribution in [3.8, 4) is 11.1 Å². The Balaban J connectivity index is 1.59. The molecule has 4 rings (SSSR count). The SMILES string of the molecule is NC(=O)CCc1sc2ncnc(N)c2c1-c1ccc(NC(=O)Nc2cccc(Br)c2)cc1. The standard InChI is InChI=1S/C22H19BrN6O2S/c23-13-2-1-3-15(10-13)29-22(31)28-14-6-4-12(5-7-14)18-16(8-9-17(24)30)32-21-19(18)20(25)26-11-27-21/h1-7,10-11H,8-9H2,(H2,24,30)(H2,25,26,27)(H2,28,29,31). The van der Waals surface area contributed by atoms with E-state index in [0.29, 0.717) is 23.6 Å². The van der Waals surface area contributed by atoms with E-state index < -0.39 is 0 Å². The summed E-state index contributed by atoms with van der Waals surface area (Å²) < 4.78 is 0.873. The molecule has 0 fully saturated rings. The first-order valence-electron chi connectivity index (χ1n) is 9.65. The number of nitrogens with zero attached hydrogens (tertiary/aromatic N) is 2. The highest BCUT2D eigenvalue weighted by molar-refractivity contribution is 9.10. The van der Waals surface area contributed by atoms with Gasteiger partial charge in [-0.25, -0.2) is 14.8 Å². The molecule has 3 amide bonds. The molecule has 0 radical (unpaired) electrons. The number of amides is 3. The first kappa shape index (κ1) is 21.7. The Bertz CT molecular complexity index is 1310. The summed E-state index contributed by atoms with van der Waals surface area (Å²) in [7, 11) is 0. The molecule has 8 nitrogen and oxygen atoms in total. The summed E-state index contributed by atoms with van der Waals surface area (Å²) in [6, 6.07) is 14.4. The number of hydrogen-bond acceptors (Lipinski definition) is 6. The maximum absolute atomic E-state index is 12.3. The van der Waals surface area contributed by atoms with Crippen molar-refractivity contribution in [1.29, 1.82) is 0 Å². The molecule has 2 aromatic heterocycles. The Labute approximate surface area is 196 Å². The zero-order valence-corrected chi connectivity index (χ0v) is 19.2. The van der Waals surface area contributed by atoms with E-state index in [-0.39, 0.29) is 18.4 Å². The fraction of sp³-hybridized carbons (Fsp3) is 0.0909. The van der Waals surface area contributed by atoms with Crippen LogP contribution in [-0.4, -0.2) is 21.9 Å². The van der Waals surface area contributed by atoms with Gasteiger partial charge in [0.1, 0.15) is 17.0 Å². The van der Waals surface area contributed by atoms with Crippen LogP contribution in [0, 0.1) is 0 Å². The normalized spacial score (nSPS) is 10.8. The molecule has 0 bridgehead atoms. The predicted octanol–water partition coefficient (Wildman–Crippen LogP) is 4.76. The van der Waals surface area contributed by atoms with Crippen molar-refractivity contribution in [2.24, 2.45) is 5.73 Å². The lowest BCUT2D eigenvalue weighted by molar-refractivity contribution is -0.117. The number of aryl methyl sites for hydroxylation is 1. The van der Waals surface area contributed by atoms with Gasteiger partial charge in [-0.1, -0.05) is 34.1 Å². The zero-order chi connectivity index (χ0) is 22.7. The number of anilines is 3. The summed E-state index contributed by atoms with van der Waals surface area (Å²) in [5.41, 5.74) is 14.6. The van der Waals surface area contributed by atoms with Crippen molar-refractivity contribution in [1.82, 2.24) is 9.97 Å². The average molecular weight is 511 g/mol. The Morgan fingerprint density at radius 3 is 2.50 bits per heavy atom. The number of primary amides is 1. The molecule has 2 heterocycles. The van der Waals surface area contributed by atoms with E-state index in [2.05, 4.69) is 36.5 Å². The van der Waals surface area contributed by atoms with Gasteiger partial charge in [0.25, 0.3) is 0 Å². The van der Waals surface area contributed by atoms with Crippen molar-refractivity contribution in [3.63, 3.8) is 0 Å². The molecule has 0 aliphatic carbocycles. The number of fused-ring (bicyclic) bond motifs is 1. The molecular weight excluding hydrogens is 492 g/mol. The van der Waals surface area contributed by atoms with Gasteiger partial charge in [-0.05, 0) is 42.3 Å². The van der Waals surface area contributed by atoms with Crippen molar-refractivity contribution in [2.75, 3.05) is 16.4 Å². The molecular formula is C22H19BrN6O2S. The zero-order valence-electron chi connectivity index (χ0n) is 16.8. The lowest BCUT2D eigenvalue weighted by Gasteiger charge is -2.10. The molecule has 162 valence electrons. The Morgan fingerprint density at radius 2 is 1.78 bits per heavy atom. The van der Waals surface area contributed by atoms with Gasteiger partial charge < -0.3 is 22.1 Å². The van der Waals surface area contributed by atoms with Gasteiger partial charge in [-0.2, -0.15) is 0 Å². The Kier molecular flexibility index (Phi) is 6.33. The van der Waals surface area contributed by atoms with E-state index in [4.69, 9.17) is 11.5 Å². The van der Waals surface area contributed by atoms with Crippen LogP contribution in [0.1, 0.15) is 11.3 Å². The van der Waals surface area contributed by atoms with E-state index in [1.165, 1.54) is 17.7 Å². The number of aromatic nitrogens is 2. The molecule has 0 saturated heterocycles. The monoisotopic (exact) mass is 510 g/mol. The minimum atomic E-state index is -0.372. The van der Waals surface area contributed by atoms with Crippen molar-refractivity contribution >= 4 is 66.6 Å². The van der Waals surface area contributed by atoms with Crippen LogP contribution in [0.25, 0.3) is 21.3 Å². The Hall–Kier alpha value is -3.50. The molecule has 0 saturated carbocycles. The van der Waals surface area contributed by atoms with Crippen LogP contribution < -0.4 is 22.1 Å². The number of benzene rings is 2. The highest BCUT2D eigenvalue weighted by Crippen LogP contribution is 2.40. The summed E-state index contributed by atoms with van der Waals surface area (Å²) >= 11 is 4.85. The third-order valence-electron chi connectivity index (χ3n) is 4.70. The number of carbonyl (C=O) groups is 2. The van der Waals surface area contributed by atoms with E-state index in [1.54, 1.807) is 18.2 Å². The molecule has 0 atom stereocenters. The predicted molar refractivity (Wildman–Crippen MR) is 132 cm³/mol. The number of nitrogens with two attached hydrogens (primary N) is 2. The molecule has 0 aliphatic heterocycles. The molecule has 32 heavy (non-hydrogen) atoms. The van der Waals surface area contributed by atoms with Crippen LogP contribution in [0.3, 0.4) is 0 Å². The van der Waals surface area contributed by atoms with Gasteiger partial charge in [0, 0.05) is 32.7 Å². The van der Waals surface area contributed by atoms with Gasteiger partial charge in [0.05, 0.1) is 5.39 Å². The van der Waals surface area contributed by atoms with Gasteiger partial charge in [0.15, 0.2) is 0 Å². The molecule has 0 spiro atoms. The second kappa shape index (κ2) is 9.33. The van der Waals surface area contributed by atoms with Crippen molar-refractivity contribution in [3.05, 3.63) is 64.2 Å². The number of carbonyl (C=O) groups excluding carboxylic acids is 2. The summed E-state index contributed by atoms with van der Waals surface area (Å²) in [4.78, 5) is 33.8. The van der Waals surface area contributed by atoms with E-state index >= 15 is 0 Å². The first-order chi connectivity index (χ1) is 15.4. The summed E-state index contributed by atoms with van der Waals surface area (Å²) in [6.45, 7) is 0. The van der Waals surface area contributed by atoms with Crippen LogP contribution in [0.2, 0.25) is 0 Å². The fourth-order valence-corrected chi connectivity index (χ4v) is 4.87. The molecule has 10 heteroatoms. The minimum Gasteiger partial charge on any atom is -0.383 e. The maximum Gasteiger partial charge on any atom is 0.323 e. The number of hydrogen-bond donors (Lipinski definition) is 4. The number of rotatable bonds is 6. The van der Waals surface area contributed by atoms with E-state index in [1.807, 2.05) is 30.3 Å². The number of nitrogens with one attached hydrogen (secondary N) is 2. The van der Waals surface area contributed by atoms with Crippen LogP contribution in [0.15, 0.2) is 59.3 Å². The number of urea groups is 1. The molecule has 0 aliphatic rings. The lowest BCUT2D eigenvalue weighted by Crippen LogP contribution is -2.19. The lowest BCUT2D eigenvalue weighted by atomic mass is 10.0. The topological polar surface area (TPSA) is 136 Å². The highest BCUT2D eigenvalue weighted by atomic mass is 79.9. The van der Waals surface area contributed by atoms with Gasteiger partial charge in [-0.3, -0.25) is 4.79 Å². The smallest absolute Gasteiger partial charge is 0.323 e. The highest BCUT2D eigenvalue weighted by Gasteiger charge is 2.18. The number of thiophene rings is 1. The van der Waals surface area contributed by atoms with Gasteiger partial charge in [-0.15, -0.1) is 11.3 Å². The summed E-state index contributed by atoms with van der Waals surface area (Å²) in [5, 5.41) is 6.35. The number of halogens is 1. The van der Waals surface area contributed by atoms with Crippen LogP contribution in [-0.2, 0) is 11.2 Å². The molecule has 2 aromatic carbocycles. The fourth-order valence-electron chi connectivity index (χ4n) is 3.30. The van der Waals surface area contributed by atoms with E-state index in [0.717, 1.165) is 30.7 Å². The summed E-state index contributed by atoms with van der Waals surface area (Å²) in [5.74, 6) is 0.00523. The maximum atomic E-state index is 12.3. The first-order valence-corrected chi connectivity index (χ1v) is 11.3. The molecule has 0 unspecified atom stereocenters. The number of nitrogen functional groups attached to an aromatic ring is 1. The van der Waals surface area contributed by atoms with E-state index in [9.17, 15) is 9.59 Å². The third kappa shape index (κ3) is 4.87. The third-order valence-corrected chi connectivity index (χ3v) is 6.35. The quantitative estimate of drug-likeness (QED) is 0.296. The Morgan fingerprint density at radius 1 is 1.03 bits per heavy atom. The van der Waals surface area contributed by atoms with Gasteiger partial charge in [0.2, 0.25) is 5.91 Å². The molecule has 6 N–H and O–H groups in total. The largest absolute Gasteiger partial charge is 0.383 e. The molecule has 4 aromatic rings. The van der Waals surface area contributed by atoms with Gasteiger partial charge >= 0.3 is 6.03 Å². The second-order valence-electron chi connectivity index (χ2n) is 6.97. The minimum absolute atomic E-state index is 0.225. The van der Waals surface area contributed by atoms with Crippen LogP contribution >= 0.6 is 27.3 Å².